The Morgan fingerprint density at radius 3 is 2.22 bits per heavy atom. The molecule has 0 fully saturated rings. The van der Waals surface area contributed by atoms with E-state index in [4.69, 9.17) is 11.6 Å². The second-order valence-corrected chi connectivity index (χ2v) is 7.26. The quantitative estimate of drug-likeness (QED) is 0.818. The molecule has 2 nitrogen and oxygen atoms in total. The third-order valence-corrected chi connectivity index (χ3v) is 4.38. The molecule has 5 heteroatoms. The van der Waals surface area contributed by atoms with Crippen LogP contribution >= 0.6 is 27.5 Å². The summed E-state index contributed by atoms with van der Waals surface area (Å²) in [5.74, 6) is 0. The van der Waals surface area contributed by atoms with E-state index in [-0.39, 0.29) is 0 Å². The van der Waals surface area contributed by atoms with Gasteiger partial charge < -0.3 is 0 Å². The molecule has 0 saturated heterocycles. The van der Waals surface area contributed by atoms with Crippen molar-refractivity contribution in [3.05, 3.63) is 52.0 Å². The highest BCUT2D eigenvalue weighted by Crippen LogP contribution is 2.30. The van der Waals surface area contributed by atoms with E-state index in [0.717, 1.165) is 10.0 Å². The molecule has 0 amide bonds. The molecule has 94 valence electrons. The molecule has 0 aromatic heterocycles. The Balaban J connectivity index is 2.68. The lowest BCUT2D eigenvalue weighted by Gasteiger charge is -2.09. The Morgan fingerprint density at radius 2 is 1.67 bits per heavy atom. The molecule has 0 atom stereocenters. The topological polar surface area (TPSA) is 34.1 Å². The minimum absolute atomic E-state index is 0.305. The van der Waals surface area contributed by atoms with Gasteiger partial charge in [-0.3, -0.25) is 0 Å². The summed E-state index contributed by atoms with van der Waals surface area (Å²) in [6, 6.07) is 12.3. The molecule has 0 aliphatic carbocycles. The lowest BCUT2D eigenvalue weighted by molar-refractivity contribution is 0.602. The minimum Gasteiger partial charge on any atom is -0.224 e. The van der Waals surface area contributed by atoms with Gasteiger partial charge in [0.2, 0.25) is 0 Å². The third kappa shape index (κ3) is 2.94. The predicted molar refractivity (Wildman–Crippen MR) is 77.7 cm³/mol. The first-order chi connectivity index (χ1) is 8.38. The van der Waals surface area contributed by atoms with Crippen LogP contribution in [0, 0.1) is 0 Å². The van der Waals surface area contributed by atoms with Gasteiger partial charge in [-0.25, -0.2) is 8.42 Å². The molecule has 0 unspecified atom stereocenters. The Bertz CT molecular complexity index is 679. The molecule has 0 saturated carbocycles. The second-order valence-electron chi connectivity index (χ2n) is 3.92. The summed E-state index contributed by atoms with van der Waals surface area (Å²) < 4.78 is 24.3. The Kier molecular flexibility index (Phi) is 3.80. The standard InChI is InChI=1S/C13H10BrClO2S/c1-18(16,17)13-8-10(14)4-7-12(13)9-2-5-11(15)6-3-9/h2-8H,1H3. The van der Waals surface area contributed by atoms with Gasteiger partial charge in [0.05, 0.1) is 4.90 Å². The summed E-state index contributed by atoms with van der Waals surface area (Å²) in [4.78, 5) is 0.305. The van der Waals surface area contributed by atoms with Crippen molar-refractivity contribution in [2.75, 3.05) is 6.26 Å². The number of hydrogen-bond acceptors (Lipinski definition) is 2. The molecule has 2 aromatic rings. The highest BCUT2D eigenvalue weighted by Gasteiger charge is 2.15. The first kappa shape index (κ1) is 13.6. The van der Waals surface area contributed by atoms with E-state index >= 15 is 0 Å². The van der Waals surface area contributed by atoms with Crippen LogP contribution in [-0.2, 0) is 9.84 Å². The fraction of sp³-hybridized carbons (Fsp3) is 0.0769. The fourth-order valence-electron chi connectivity index (χ4n) is 1.67. The molecule has 2 aromatic carbocycles. The van der Waals surface area contributed by atoms with E-state index in [0.29, 0.717) is 15.5 Å². The maximum Gasteiger partial charge on any atom is 0.176 e. The number of halogens is 2. The van der Waals surface area contributed by atoms with E-state index in [1.807, 2.05) is 6.07 Å². The van der Waals surface area contributed by atoms with Crippen molar-refractivity contribution in [1.82, 2.24) is 0 Å². The smallest absolute Gasteiger partial charge is 0.176 e. The van der Waals surface area contributed by atoms with Crippen LogP contribution < -0.4 is 0 Å². The lowest BCUT2D eigenvalue weighted by Crippen LogP contribution is -2.00. The van der Waals surface area contributed by atoms with Gasteiger partial charge in [0.1, 0.15) is 0 Å². The summed E-state index contributed by atoms with van der Waals surface area (Å²) >= 11 is 9.12. The van der Waals surface area contributed by atoms with Crippen molar-refractivity contribution in [1.29, 1.82) is 0 Å². The number of rotatable bonds is 2. The Labute approximate surface area is 120 Å². The van der Waals surface area contributed by atoms with Crippen LogP contribution in [0.1, 0.15) is 0 Å². The number of benzene rings is 2. The highest BCUT2D eigenvalue weighted by atomic mass is 79.9. The molecule has 0 spiro atoms. The van der Waals surface area contributed by atoms with Gasteiger partial charge in [-0.1, -0.05) is 45.7 Å². The summed E-state index contributed by atoms with van der Waals surface area (Å²) in [7, 11) is -3.28. The average Bonchev–Trinajstić information content (AvgIpc) is 2.29. The molecule has 0 N–H and O–H groups in total. The molecule has 0 bridgehead atoms. The van der Waals surface area contributed by atoms with Gasteiger partial charge in [-0.05, 0) is 29.8 Å². The first-order valence-electron chi connectivity index (χ1n) is 5.13. The van der Waals surface area contributed by atoms with Gasteiger partial charge in [0.25, 0.3) is 0 Å². The zero-order chi connectivity index (χ0) is 13.3. The van der Waals surface area contributed by atoms with Crippen molar-refractivity contribution < 1.29 is 8.42 Å². The summed E-state index contributed by atoms with van der Waals surface area (Å²) in [5.41, 5.74) is 1.50. The van der Waals surface area contributed by atoms with Crippen molar-refractivity contribution in [3.63, 3.8) is 0 Å². The summed E-state index contributed by atoms with van der Waals surface area (Å²) in [6.07, 6.45) is 1.20. The van der Waals surface area contributed by atoms with E-state index < -0.39 is 9.84 Å². The maximum absolute atomic E-state index is 11.8. The van der Waals surface area contributed by atoms with Crippen LogP contribution in [0.15, 0.2) is 51.8 Å². The monoisotopic (exact) mass is 344 g/mol. The average molecular weight is 346 g/mol. The second kappa shape index (κ2) is 5.03. The van der Waals surface area contributed by atoms with Crippen molar-refractivity contribution in [3.8, 4) is 11.1 Å². The van der Waals surface area contributed by atoms with E-state index in [9.17, 15) is 8.42 Å². The molecular weight excluding hydrogens is 336 g/mol. The van der Waals surface area contributed by atoms with Crippen LogP contribution in [-0.4, -0.2) is 14.7 Å². The normalized spacial score (nSPS) is 11.5. The number of sulfone groups is 1. The van der Waals surface area contributed by atoms with Crippen LogP contribution in [0.3, 0.4) is 0 Å². The van der Waals surface area contributed by atoms with E-state index in [1.54, 1.807) is 36.4 Å². The van der Waals surface area contributed by atoms with Gasteiger partial charge in [0, 0.05) is 21.3 Å². The third-order valence-electron chi connectivity index (χ3n) is 2.50. The largest absolute Gasteiger partial charge is 0.224 e. The van der Waals surface area contributed by atoms with E-state index in [2.05, 4.69) is 15.9 Å². The predicted octanol–water partition coefficient (Wildman–Crippen LogP) is 4.17. The number of hydrogen-bond donors (Lipinski definition) is 0. The first-order valence-corrected chi connectivity index (χ1v) is 8.20. The Hall–Kier alpha value is -0.840. The summed E-state index contributed by atoms with van der Waals surface area (Å²) in [6.45, 7) is 0. The van der Waals surface area contributed by atoms with Crippen molar-refractivity contribution in [2.45, 2.75) is 4.90 Å². The molecule has 0 heterocycles. The molecule has 0 radical (unpaired) electrons. The molecule has 18 heavy (non-hydrogen) atoms. The van der Waals surface area contributed by atoms with Crippen LogP contribution in [0.4, 0.5) is 0 Å². The zero-order valence-electron chi connectivity index (χ0n) is 9.52. The van der Waals surface area contributed by atoms with Crippen molar-refractivity contribution >= 4 is 37.4 Å². The maximum atomic E-state index is 11.8. The van der Waals surface area contributed by atoms with Gasteiger partial charge in [-0.15, -0.1) is 0 Å². The van der Waals surface area contributed by atoms with Gasteiger partial charge >= 0.3 is 0 Å². The highest BCUT2D eigenvalue weighted by molar-refractivity contribution is 9.10. The Morgan fingerprint density at radius 1 is 1.06 bits per heavy atom. The summed E-state index contributed by atoms with van der Waals surface area (Å²) in [5, 5.41) is 0.622. The van der Waals surface area contributed by atoms with Crippen molar-refractivity contribution in [2.24, 2.45) is 0 Å². The molecular formula is C13H10BrClO2S. The van der Waals surface area contributed by atoms with Crippen LogP contribution in [0.25, 0.3) is 11.1 Å². The van der Waals surface area contributed by atoms with Gasteiger partial charge in [-0.2, -0.15) is 0 Å². The molecule has 2 rings (SSSR count). The lowest BCUT2D eigenvalue weighted by atomic mass is 10.1. The molecule has 0 aliphatic heterocycles. The van der Waals surface area contributed by atoms with Crippen LogP contribution in [0.5, 0.6) is 0 Å². The van der Waals surface area contributed by atoms with Gasteiger partial charge in [0.15, 0.2) is 9.84 Å². The minimum atomic E-state index is -3.28. The zero-order valence-corrected chi connectivity index (χ0v) is 12.7. The fourth-order valence-corrected chi connectivity index (χ4v) is 3.24. The van der Waals surface area contributed by atoms with Crippen LogP contribution in [0.2, 0.25) is 5.02 Å². The van der Waals surface area contributed by atoms with E-state index in [1.165, 1.54) is 6.26 Å². The SMILES string of the molecule is CS(=O)(=O)c1cc(Br)ccc1-c1ccc(Cl)cc1. The molecule has 0 aliphatic rings.